The van der Waals surface area contributed by atoms with Gasteiger partial charge in [0.25, 0.3) is 5.91 Å². The number of carbonyl (C=O) groups excluding carboxylic acids is 7. The highest BCUT2D eigenvalue weighted by Gasteiger charge is 2.39. The number of aliphatic carboxylic acids is 3. The number of allylic oxidation sites excluding steroid dienone is 4. The number of carboxylic acids is 3. The van der Waals surface area contributed by atoms with Gasteiger partial charge in [0, 0.05) is 110 Å². The number of anilines is 1. The van der Waals surface area contributed by atoms with Crippen molar-refractivity contribution in [3.8, 4) is 11.8 Å². The van der Waals surface area contributed by atoms with Gasteiger partial charge in [0.1, 0.15) is 48.2 Å². The molecular weight excluding hydrogens is 1420 g/mol. The molecule has 9 atom stereocenters. The van der Waals surface area contributed by atoms with E-state index in [1.807, 2.05) is 30.4 Å². The first kappa shape index (κ1) is 84.5. The number of amides is 7. The van der Waals surface area contributed by atoms with Crippen LogP contribution in [0.3, 0.4) is 0 Å². The lowest BCUT2D eigenvalue weighted by Gasteiger charge is -2.38. The lowest BCUT2D eigenvalue weighted by Crippen LogP contribution is -2.52. The number of rotatable bonds is 43. The number of aliphatic hydroxyl groups excluding tert-OH is 1. The van der Waals surface area contributed by atoms with E-state index in [4.69, 9.17) is 25.1 Å². The van der Waals surface area contributed by atoms with Crippen LogP contribution in [-0.4, -0.2) is 193 Å². The Balaban J connectivity index is 0.844. The zero-order valence-corrected chi connectivity index (χ0v) is 63.7. The monoisotopic (exact) mass is 1520 g/mol. The Kier molecular flexibility index (Phi) is 34.4. The number of aliphatic imine (C=N–C) groups is 1. The molecule has 1 aliphatic heterocycles. The van der Waals surface area contributed by atoms with Crippen molar-refractivity contribution < 1.29 is 77.6 Å². The standard InChI is InChI=1S/C75H101N12O16PS2/c1-6-19-47-36-49-37-50-38-56(77-7-2)46(4)35-54(50)69(53(49)34-45(47)3)51-21-12-13-22-52(51)74(99)86(5)31-17-26-61(89)78-28-14-8-10-24-63(91)83-55(72(97)80-29-15-9-11-25-64(92)84-57(39-66(93)94)73(98)85-58(75(100)101)40-67(95)96)23-18-32-105-106-33-27-62(90)79-30-16-20-48-42-87(71-68(48)70(76)81-44-82-71)65-41-59(88)60(103-65)43-102-104/h12-13,21-22,34-36,38,42,44,54-55,57-60,65,69,88H,6-11,14-15,17-19,23-33,37,39-41,43,104H2,1-5H3,(H,78,89)(H,79,90)(H,80,97)(H,83,91)(H,84,92)(H,85,98)(H,93,94)(H,95,96)(H,100,101)(H2,76,81,82)/b77-56+/t54?,55?,57?,58?,59?,60-,65-,69?/m1/s1. The Hall–Kier alpha value is -8.72. The van der Waals surface area contributed by atoms with Crippen LogP contribution >= 0.6 is 31.1 Å². The van der Waals surface area contributed by atoms with Crippen molar-refractivity contribution in [2.24, 2.45) is 10.9 Å². The predicted molar refractivity (Wildman–Crippen MR) is 408 cm³/mol. The third kappa shape index (κ3) is 25.5. The Morgan fingerprint density at radius 1 is 0.792 bits per heavy atom. The van der Waals surface area contributed by atoms with Crippen LogP contribution in [0.25, 0.3) is 11.0 Å². The third-order valence-corrected chi connectivity index (χ3v) is 21.3. The summed E-state index contributed by atoms with van der Waals surface area (Å²) in [5, 5.41) is 54.5. The number of hydrogen-bond donors (Lipinski definition) is 11. The summed E-state index contributed by atoms with van der Waals surface area (Å²) in [5.74, 6) is -0.457. The van der Waals surface area contributed by atoms with Crippen LogP contribution in [0.2, 0.25) is 0 Å². The van der Waals surface area contributed by atoms with E-state index in [2.05, 4.69) is 109 Å². The minimum Gasteiger partial charge on any atom is -0.481 e. The number of aryl methyl sites for hydroxylation is 2. The predicted octanol–water partition coefficient (Wildman–Crippen LogP) is 6.79. The highest BCUT2D eigenvalue weighted by Crippen LogP contribution is 2.48. The van der Waals surface area contributed by atoms with Crippen molar-refractivity contribution in [3.05, 3.63) is 111 Å². The van der Waals surface area contributed by atoms with Gasteiger partial charge < -0.3 is 76.8 Å². The van der Waals surface area contributed by atoms with E-state index in [0.717, 1.165) is 36.1 Å². The number of hydrogen-bond acceptors (Lipinski definition) is 19. The highest BCUT2D eigenvalue weighted by molar-refractivity contribution is 8.76. The van der Waals surface area contributed by atoms with E-state index in [9.17, 15) is 63.3 Å². The number of ether oxygens (including phenoxy) is 1. The summed E-state index contributed by atoms with van der Waals surface area (Å²) >= 11 is 0. The Morgan fingerprint density at radius 3 is 2.17 bits per heavy atom. The van der Waals surface area contributed by atoms with Crippen LogP contribution in [0.4, 0.5) is 5.82 Å². The third-order valence-electron chi connectivity index (χ3n) is 18.6. The molecular formula is C75H101N12O16PS2. The summed E-state index contributed by atoms with van der Waals surface area (Å²) in [6.07, 6.45) is 11.6. The molecule has 0 saturated carbocycles. The second kappa shape index (κ2) is 43.2. The van der Waals surface area contributed by atoms with Crippen LogP contribution in [0, 0.1) is 24.7 Å². The van der Waals surface area contributed by atoms with Crippen LogP contribution in [0.15, 0.2) is 77.2 Å². The SMILES string of the molecule is CCCc1cc2c(cc1C)C(c1ccccc1C(=O)N(C)CCCC(=O)NCCCCCC(=O)NC(CCCSSCCC(=O)NCC#Cc1cn([C@H]3CC(O)[C@@H](COP)O3)c3ncnc(N)c13)C(=O)NCCCCCC(=O)NC(CC(=O)O)C(=O)NC(CC(=O)O)C(=O)O)C1C=C(C)/C(=N/CC)C=C1C2. The van der Waals surface area contributed by atoms with Crippen molar-refractivity contribution in [2.45, 2.75) is 192 Å². The molecule has 2 aliphatic carbocycles. The highest BCUT2D eigenvalue weighted by atomic mass is 33.1. The smallest absolute Gasteiger partial charge is 0.326 e. The number of nitrogen functional groups attached to an aromatic ring is 1. The molecule has 0 spiro atoms. The van der Waals surface area contributed by atoms with E-state index < -0.39 is 85.0 Å². The van der Waals surface area contributed by atoms with Crippen LogP contribution < -0.4 is 37.6 Å². The number of nitrogens with one attached hydrogen (secondary N) is 6. The van der Waals surface area contributed by atoms with Crippen LogP contribution in [-0.2, 0) is 65.3 Å². The van der Waals surface area contributed by atoms with Crippen molar-refractivity contribution in [3.63, 3.8) is 0 Å². The lowest BCUT2D eigenvalue weighted by molar-refractivity contribution is -0.148. The van der Waals surface area contributed by atoms with Crippen molar-refractivity contribution in [1.82, 2.24) is 51.3 Å². The number of carbonyl (C=O) groups is 10. The van der Waals surface area contributed by atoms with E-state index in [1.54, 1.807) is 22.7 Å². The Bertz CT molecular complexity index is 3950. The molecule has 1 saturated heterocycles. The zero-order chi connectivity index (χ0) is 76.8. The maximum Gasteiger partial charge on any atom is 0.326 e. The summed E-state index contributed by atoms with van der Waals surface area (Å²) < 4.78 is 12.9. The number of aromatic nitrogens is 3. The van der Waals surface area contributed by atoms with Gasteiger partial charge in [-0.15, -0.1) is 0 Å². The van der Waals surface area contributed by atoms with Gasteiger partial charge in [-0.2, -0.15) is 0 Å². The minimum atomic E-state index is -1.86. The van der Waals surface area contributed by atoms with E-state index in [1.165, 1.54) is 55.7 Å². The molecule has 2 aromatic heterocycles. The molecule has 106 heavy (non-hydrogen) atoms. The molecule has 7 amide bonds. The number of unbranched alkanes of at least 4 members (excludes halogenated alkanes) is 4. The fourth-order valence-corrected chi connectivity index (χ4v) is 15.5. The zero-order valence-electron chi connectivity index (χ0n) is 60.9. The molecule has 3 aliphatic rings. The van der Waals surface area contributed by atoms with Crippen molar-refractivity contribution >= 4 is 113 Å². The summed E-state index contributed by atoms with van der Waals surface area (Å²) in [7, 11) is 6.92. The van der Waals surface area contributed by atoms with E-state index >= 15 is 0 Å². The van der Waals surface area contributed by atoms with Gasteiger partial charge in [-0.1, -0.05) is 102 Å². The molecule has 31 heteroatoms. The molecule has 7 unspecified atom stereocenters. The number of fused-ring (bicyclic) bond motifs is 3. The maximum absolute atomic E-state index is 14.5. The van der Waals surface area contributed by atoms with Gasteiger partial charge in [0.15, 0.2) is 0 Å². The molecule has 0 bridgehead atoms. The lowest BCUT2D eigenvalue weighted by atomic mass is 9.65. The number of benzene rings is 2. The Labute approximate surface area is 628 Å². The Morgan fingerprint density at radius 2 is 1.47 bits per heavy atom. The number of carboxylic acid groups (broad SMARTS) is 3. The van der Waals surface area contributed by atoms with Crippen LogP contribution in [0.1, 0.15) is 186 Å². The normalized spacial score (nSPS) is 17.8. The van der Waals surface area contributed by atoms with Crippen LogP contribution in [0.5, 0.6) is 0 Å². The molecule has 3 heterocycles. The average molecular weight is 1520 g/mol. The summed E-state index contributed by atoms with van der Waals surface area (Å²) in [5.41, 5.74) is 17.4. The first-order valence-corrected chi connectivity index (χ1v) is 39.1. The molecule has 2 aromatic carbocycles. The van der Waals surface area contributed by atoms with Gasteiger partial charge in [-0.05, 0) is 124 Å². The fraction of sp³-hybridized carbons (Fsp3) is 0.533. The number of aliphatic hydroxyl groups is 1. The summed E-state index contributed by atoms with van der Waals surface area (Å²) in [6, 6.07) is 8.20. The molecule has 4 aromatic rings. The second-order valence-electron chi connectivity index (χ2n) is 26.6. The van der Waals surface area contributed by atoms with Gasteiger partial charge in [0.2, 0.25) is 35.4 Å². The van der Waals surface area contributed by atoms with E-state index in [-0.39, 0.29) is 93.1 Å². The maximum atomic E-state index is 14.5. The number of nitrogens with two attached hydrogens (primary N) is 1. The molecule has 12 N–H and O–H groups in total. The summed E-state index contributed by atoms with van der Waals surface area (Å²) in [6.45, 7) is 10.4. The fourth-order valence-electron chi connectivity index (χ4n) is 13.2. The quantitative estimate of drug-likeness (QED) is 0.00939. The molecule has 574 valence electrons. The molecule has 1 fully saturated rings. The van der Waals surface area contributed by atoms with Crippen molar-refractivity contribution in [1.29, 1.82) is 0 Å². The first-order chi connectivity index (χ1) is 50.9. The van der Waals surface area contributed by atoms with Gasteiger partial charge in [0.05, 0.1) is 48.8 Å². The number of nitrogens with zero attached hydrogens (tertiary/aromatic N) is 5. The van der Waals surface area contributed by atoms with Gasteiger partial charge >= 0.3 is 17.9 Å². The summed E-state index contributed by atoms with van der Waals surface area (Å²) in [4.78, 5) is 142. The molecule has 28 nitrogen and oxygen atoms in total. The topological polar surface area (TPSA) is 415 Å². The second-order valence-corrected chi connectivity index (χ2v) is 29.7. The minimum absolute atomic E-state index is 0.0547. The molecule has 7 rings (SSSR count). The largest absolute Gasteiger partial charge is 0.481 e. The van der Waals surface area contributed by atoms with Gasteiger partial charge in [-0.25, -0.2) is 14.8 Å². The van der Waals surface area contributed by atoms with Gasteiger partial charge in [-0.3, -0.25) is 48.1 Å². The molecule has 0 radical (unpaired) electrons. The average Bonchev–Trinajstić information content (AvgIpc) is 0.931. The first-order valence-electron chi connectivity index (χ1n) is 36.2. The van der Waals surface area contributed by atoms with Crippen molar-refractivity contribution in [2.75, 3.05) is 63.6 Å². The van der Waals surface area contributed by atoms with E-state index in [0.29, 0.717) is 111 Å².